The van der Waals surface area contributed by atoms with Crippen molar-refractivity contribution in [2.24, 2.45) is 11.8 Å². The van der Waals surface area contributed by atoms with Gasteiger partial charge < -0.3 is 4.90 Å². The van der Waals surface area contributed by atoms with Gasteiger partial charge in [-0.2, -0.15) is 0 Å². The smallest absolute Gasteiger partial charge is 0.0366 e. The van der Waals surface area contributed by atoms with E-state index in [0.717, 1.165) is 25.7 Å². The Morgan fingerprint density at radius 3 is 2.39 bits per heavy atom. The fraction of sp³-hybridized carbons (Fsp3) is 0.400. The van der Waals surface area contributed by atoms with Crippen molar-refractivity contribution in [3.63, 3.8) is 0 Å². The Hall–Kier alpha value is -3.32. The van der Waals surface area contributed by atoms with E-state index in [4.69, 9.17) is 0 Å². The van der Waals surface area contributed by atoms with Crippen LogP contribution >= 0.6 is 0 Å². The molecule has 0 radical (unpaired) electrons. The Balaban J connectivity index is 1.75. The van der Waals surface area contributed by atoms with E-state index in [1.807, 2.05) is 0 Å². The van der Waals surface area contributed by atoms with Gasteiger partial charge in [-0.05, 0) is 113 Å². The van der Waals surface area contributed by atoms with E-state index in [2.05, 4.69) is 156 Å². The van der Waals surface area contributed by atoms with Gasteiger partial charge in [0.2, 0.25) is 0 Å². The first-order valence-electron chi connectivity index (χ1n) is 15.9. The van der Waals surface area contributed by atoms with E-state index >= 15 is 0 Å². The summed E-state index contributed by atoms with van der Waals surface area (Å²) in [5.74, 6) is 0.899. The van der Waals surface area contributed by atoms with Crippen LogP contribution in [0.25, 0.3) is 5.57 Å². The summed E-state index contributed by atoms with van der Waals surface area (Å²) in [4.78, 5) is 2.37. The van der Waals surface area contributed by atoms with Crippen LogP contribution in [0.2, 0.25) is 0 Å². The van der Waals surface area contributed by atoms with Crippen molar-refractivity contribution in [2.45, 2.75) is 85.6 Å². The average molecular weight is 548 g/mol. The van der Waals surface area contributed by atoms with Gasteiger partial charge in [0.05, 0.1) is 0 Å². The third-order valence-corrected chi connectivity index (χ3v) is 8.75. The van der Waals surface area contributed by atoms with Crippen LogP contribution in [0.1, 0.15) is 85.1 Å². The summed E-state index contributed by atoms with van der Waals surface area (Å²) in [6.07, 6.45) is 40.0. The minimum atomic E-state index is 0.396. The summed E-state index contributed by atoms with van der Waals surface area (Å²) in [5, 5.41) is 0. The molecule has 1 heteroatoms. The van der Waals surface area contributed by atoms with Crippen molar-refractivity contribution >= 4 is 11.3 Å². The van der Waals surface area contributed by atoms with Gasteiger partial charge in [-0.3, -0.25) is 0 Å². The van der Waals surface area contributed by atoms with E-state index in [1.165, 1.54) is 52.8 Å². The van der Waals surface area contributed by atoms with E-state index in [1.54, 1.807) is 0 Å². The second-order valence-corrected chi connectivity index (χ2v) is 11.3. The molecular weight excluding hydrogens is 494 g/mol. The Labute approximate surface area is 251 Å². The van der Waals surface area contributed by atoms with Crippen LogP contribution in [0, 0.1) is 11.8 Å². The van der Waals surface area contributed by atoms with Crippen molar-refractivity contribution < 1.29 is 0 Å². The van der Waals surface area contributed by atoms with Crippen LogP contribution in [-0.4, -0.2) is 13.1 Å². The van der Waals surface area contributed by atoms with Crippen LogP contribution in [0.5, 0.6) is 0 Å². The largest absolute Gasteiger partial charge is 0.372 e. The first kappa shape index (κ1) is 32.2. The summed E-state index contributed by atoms with van der Waals surface area (Å²) in [6.45, 7) is 11.0. The fourth-order valence-corrected chi connectivity index (χ4v) is 5.84. The van der Waals surface area contributed by atoms with Crippen molar-refractivity contribution in [3.8, 4) is 0 Å². The van der Waals surface area contributed by atoms with Gasteiger partial charge in [0.1, 0.15) is 0 Å². The van der Waals surface area contributed by atoms with E-state index < -0.39 is 0 Å². The number of hydrogen-bond acceptors (Lipinski definition) is 1. The molecule has 2 aliphatic rings. The van der Waals surface area contributed by atoms with E-state index in [-0.39, 0.29) is 0 Å². The lowest BCUT2D eigenvalue weighted by molar-refractivity contribution is 0.516. The maximum atomic E-state index is 2.41. The quantitative estimate of drug-likeness (QED) is 0.197. The normalized spacial score (nSPS) is 18.1. The maximum Gasteiger partial charge on any atom is 0.0366 e. The Kier molecular flexibility index (Phi) is 13.7. The van der Waals surface area contributed by atoms with Crippen molar-refractivity contribution in [1.82, 2.24) is 0 Å². The second-order valence-electron chi connectivity index (χ2n) is 11.3. The molecule has 0 aromatic heterocycles. The molecule has 1 aromatic carbocycles. The third kappa shape index (κ3) is 9.63. The Morgan fingerprint density at radius 1 is 1.02 bits per heavy atom. The minimum Gasteiger partial charge on any atom is -0.372 e. The minimum absolute atomic E-state index is 0.396. The standard InChI is InChI=1S/C40H53N/c1-7-11-27-40(37-21-15-16-22-37)38(25-17-23-33(9-3)35-19-13-12-14-20-35)26-18-24-34(10-4)36-28-30-39(31-29-36)41(6)32(5)8-2/h7,9-13,15-16,18-19,21-22,24,27-32,37-38H,8,14,17,20,23,25-26H2,1-6H3/b11-7-,24-18-,33-9+,34-10+,40-27+. The molecular formula is C40H53N. The summed E-state index contributed by atoms with van der Waals surface area (Å²) in [6, 6.07) is 9.59. The molecule has 0 spiro atoms. The van der Waals surface area contributed by atoms with Gasteiger partial charge in [-0.15, -0.1) is 0 Å². The van der Waals surface area contributed by atoms with Crippen LogP contribution < -0.4 is 4.90 Å². The van der Waals surface area contributed by atoms with Gasteiger partial charge in [0, 0.05) is 24.7 Å². The number of nitrogens with zero attached hydrogens (tertiary/aromatic N) is 1. The number of hydrogen-bond donors (Lipinski definition) is 0. The molecule has 1 aromatic rings. The zero-order valence-electron chi connectivity index (χ0n) is 26.5. The number of rotatable bonds is 15. The molecule has 41 heavy (non-hydrogen) atoms. The van der Waals surface area contributed by atoms with Crippen LogP contribution in [0.15, 0.2) is 126 Å². The molecule has 2 unspecified atom stereocenters. The van der Waals surface area contributed by atoms with Gasteiger partial charge in [0.25, 0.3) is 0 Å². The molecule has 218 valence electrons. The molecule has 1 nitrogen and oxygen atoms in total. The Bertz CT molecular complexity index is 1210. The topological polar surface area (TPSA) is 3.24 Å². The number of benzene rings is 1. The first-order valence-corrected chi connectivity index (χ1v) is 15.9. The average Bonchev–Trinajstić information content (AvgIpc) is 3.56. The Morgan fingerprint density at radius 2 is 1.78 bits per heavy atom. The van der Waals surface area contributed by atoms with Crippen molar-refractivity contribution in [1.29, 1.82) is 0 Å². The van der Waals surface area contributed by atoms with Gasteiger partial charge in [-0.1, -0.05) is 110 Å². The molecule has 0 N–H and O–H groups in total. The van der Waals surface area contributed by atoms with Crippen molar-refractivity contribution in [2.75, 3.05) is 11.9 Å². The van der Waals surface area contributed by atoms with Crippen LogP contribution in [-0.2, 0) is 0 Å². The third-order valence-electron chi connectivity index (χ3n) is 8.75. The lowest BCUT2D eigenvalue weighted by atomic mass is 9.81. The maximum absolute atomic E-state index is 2.41. The highest BCUT2D eigenvalue weighted by Crippen LogP contribution is 2.34. The van der Waals surface area contributed by atoms with Crippen molar-refractivity contribution in [3.05, 3.63) is 132 Å². The predicted octanol–water partition coefficient (Wildman–Crippen LogP) is 11.5. The summed E-state index contributed by atoms with van der Waals surface area (Å²) in [5.41, 5.74) is 8.42. The van der Waals surface area contributed by atoms with Crippen LogP contribution in [0.3, 0.4) is 0 Å². The molecule has 3 rings (SSSR count). The first-order chi connectivity index (χ1) is 20.0. The molecule has 0 bridgehead atoms. The number of anilines is 1. The van der Waals surface area contributed by atoms with Gasteiger partial charge >= 0.3 is 0 Å². The zero-order chi connectivity index (χ0) is 29.5. The molecule has 0 heterocycles. The van der Waals surface area contributed by atoms with E-state index in [0.29, 0.717) is 17.9 Å². The highest BCUT2D eigenvalue weighted by atomic mass is 15.1. The monoisotopic (exact) mass is 547 g/mol. The van der Waals surface area contributed by atoms with Gasteiger partial charge in [0.15, 0.2) is 0 Å². The molecule has 0 amide bonds. The molecule has 0 fully saturated rings. The lowest BCUT2D eigenvalue weighted by Crippen LogP contribution is -2.27. The highest BCUT2D eigenvalue weighted by molar-refractivity contribution is 5.74. The lowest BCUT2D eigenvalue weighted by Gasteiger charge is -2.26. The van der Waals surface area contributed by atoms with Crippen LogP contribution in [0.4, 0.5) is 5.69 Å². The molecule has 2 aliphatic carbocycles. The second kappa shape index (κ2) is 17.5. The number of allylic oxidation sites excluding steroid dienone is 18. The molecule has 0 saturated carbocycles. The summed E-state index contributed by atoms with van der Waals surface area (Å²) < 4.78 is 0. The zero-order valence-corrected chi connectivity index (χ0v) is 26.5. The van der Waals surface area contributed by atoms with E-state index in [9.17, 15) is 0 Å². The molecule has 0 saturated heterocycles. The SMILES string of the molecule is C/C=C\C=C(/C1C=CC=C1)C(C/C=C\C(=C/C)c1ccc(N(C)C(C)CC)cc1)CCC/C(=C\C)C1=CC=CCC1. The molecule has 2 atom stereocenters. The fourth-order valence-electron chi connectivity index (χ4n) is 5.84. The van der Waals surface area contributed by atoms with Gasteiger partial charge in [-0.25, -0.2) is 0 Å². The summed E-state index contributed by atoms with van der Waals surface area (Å²) in [7, 11) is 2.19. The summed E-state index contributed by atoms with van der Waals surface area (Å²) >= 11 is 0. The highest BCUT2D eigenvalue weighted by Gasteiger charge is 2.20. The predicted molar refractivity (Wildman–Crippen MR) is 184 cm³/mol. The molecule has 0 aliphatic heterocycles.